The van der Waals surface area contributed by atoms with E-state index in [2.05, 4.69) is 26.0 Å². The normalized spacial score (nSPS) is 12.9. The molecular formula is C19H34O2-2. The van der Waals surface area contributed by atoms with Gasteiger partial charge in [0.1, 0.15) is 0 Å². The molecule has 1 unspecified atom stereocenters. The molecule has 124 valence electrons. The van der Waals surface area contributed by atoms with Gasteiger partial charge in [-0.3, -0.25) is 0 Å². The number of carboxylic acids is 1. The molecule has 0 saturated carbocycles. The number of carbonyl (C=O) groups is 1. The minimum absolute atomic E-state index is 0.211. The van der Waals surface area contributed by atoms with E-state index in [4.69, 9.17) is 0 Å². The van der Waals surface area contributed by atoms with Gasteiger partial charge in [0, 0.05) is 5.97 Å². The van der Waals surface area contributed by atoms with Crippen molar-refractivity contribution in [2.24, 2.45) is 5.92 Å². The maximum absolute atomic E-state index is 10.3. The van der Waals surface area contributed by atoms with Crippen LogP contribution < -0.4 is 5.11 Å². The maximum Gasteiger partial charge on any atom is 0.0414 e. The molecule has 0 aromatic rings. The van der Waals surface area contributed by atoms with Crippen LogP contribution in [0, 0.1) is 12.8 Å². The van der Waals surface area contributed by atoms with Gasteiger partial charge in [0.2, 0.25) is 0 Å². The number of aliphatic carboxylic acids is 1. The van der Waals surface area contributed by atoms with Gasteiger partial charge in [0.05, 0.1) is 0 Å². The molecule has 0 fully saturated rings. The number of unbranched alkanes of at least 4 members (excludes halogenated alkanes) is 7. The van der Waals surface area contributed by atoms with Crippen LogP contribution in [0.4, 0.5) is 0 Å². The predicted molar refractivity (Wildman–Crippen MR) is 88.7 cm³/mol. The van der Waals surface area contributed by atoms with E-state index in [1.165, 1.54) is 51.4 Å². The molecule has 0 bridgehead atoms. The van der Waals surface area contributed by atoms with Crippen molar-refractivity contribution in [2.75, 3.05) is 0 Å². The van der Waals surface area contributed by atoms with Crippen LogP contribution in [0.5, 0.6) is 0 Å². The summed E-state index contributed by atoms with van der Waals surface area (Å²) < 4.78 is 0. The Balaban J connectivity index is 3.26. The van der Waals surface area contributed by atoms with Crippen molar-refractivity contribution in [3.63, 3.8) is 0 Å². The molecule has 0 radical (unpaired) electrons. The second-order valence-corrected chi connectivity index (χ2v) is 6.09. The molecule has 0 spiro atoms. The predicted octanol–water partition coefficient (Wildman–Crippen LogP) is 4.83. The first-order valence-electron chi connectivity index (χ1n) is 8.84. The molecule has 0 saturated heterocycles. The molecular weight excluding hydrogens is 260 g/mol. The van der Waals surface area contributed by atoms with Crippen molar-refractivity contribution in [1.29, 1.82) is 0 Å². The number of carbonyl (C=O) groups excluding carboxylic acids is 1. The second-order valence-electron chi connectivity index (χ2n) is 6.09. The first-order chi connectivity index (χ1) is 10.2. The minimum atomic E-state index is -0.921. The zero-order chi connectivity index (χ0) is 15.8. The van der Waals surface area contributed by atoms with Crippen LogP contribution in [0.2, 0.25) is 0 Å². The van der Waals surface area contributed by atoms with E-state index in [0.29, 0.717) is 5.92 Å². The van der Waals surface area contributed by atoms with Crippen LogP contribution in [0.3, 0.4) is 0 Å². The molecule has 0 aliphatic carbocycles. The molecule has 2 heteroatoms. The van der Waals surface area contributed by atoms with E-state index in [1.807, 2.05) is 0 Å². The number of hydrogen-bond donors (Lipinski definition) is 0. The van der Waals surface area contributed by atoms with Gasteiger partial charge in [-0.05, 0) is 32.1 Å². The van der Waals surface area contributed by atoms with E-state index < -0.39 is 5.97 Å². The molecule has 1 atom stereocenters. The van der Waals surface area contributed by atoms with Crippen molar-refractivity contribution in [3.8, 4) is 0 Å². The Bertz CT molecular complexity index is 258. The van der Waals surface area contributed by atoms with Crippen LogP contribution in [-0.2, 0) is 4.79 Å². The molecule has 2 nitrogen and oxygen atoms in total. The van der Waals surface area contributed by atoms with E-state index in [0.717, 1.165) is 25.7 Å². The van der Waals surface area contributed by atoms with Gasteiger partial charge in [0.25, 0.3) is 0 Å². The van der Waals surface area contributed by atoms with E-state index in [1.54, 1.807) is 0 Å². The summed E-state index contributed by atoms with van der Waals surface area (Å²) in [4.78, 5) is 10.3. The Labute approximate surface area is 132 Å². The Morgan fingerprint density at radius 2 is 1.62 bits per heavy atom. The summed E-state index contributed by atoms with van der Waals surface area (Å²) in [6, 6.07) is 0. The molecule has 0 N–H and O–H groups in total. The second kappa shape index (κ2) is 15.6. The average Bonchev–Trinajstić information content (AvgIpc) is 2.45. The fourth-order valence-corrected chi connectivity index (χ4v) is 2.46. The lowest BCUT2D eigenvalue weighted by molar-refractivity contribution is -0.305. The standard InChI is InChI=1S/C19H35O2/c1-3-4-5-6-7-9-12-15-18(2)16-13-10-8-11-14-17-19(20)21/h7,9,18H,2-6,8,10-17H2,1H3,(H,20,21)/q-1/p-1/b9-7+. The van der Waals surface area contributed by atoms with Gasteiger partial charge in [0.15, 0.2) is 0 Å². The maximum atomic E-state index is 10.3. The topological polar surface area (TPSA) is 40.1 Å². The zero-order valence-electron chi connectivity index (χ0n) is 13.9. The van der Waals surface area contributed by atoms with Crippen molar-refractivity contribution in [2.45, 2.75) is 90.4 Å². The van der Waals surface area contributed by atoms with Crippen molar-refractivity contribution >= 4 is 5.97 Å². The highest BCUT2D eigenvalue weighted by molar-refractivity contribution is 5.63. The van der Waals surface area contributed by atoms with Gasteiger partial charge < -0.3 is 16.8 Å². The summed E-state index contributed by atoms with van der Waals surface area (Å²) in [7, 11) is 0. The molecule has 21 heavy (non-hydrogen) atoms. The summed E-state index contributed by atoms with van der Waals surface area (Å²) >= 11 is 0. The summed E-state index contributed by atoms with van der Waals surface area (Å²) in [5, 5.41) is 10.3. The van der Waals surface area contributed by atoms with Gasteiger partial charge >= 0.3 is 0 Å². The Morgan fingerprint density at radius 1 is 0.952 bits per heavy atom. The highest BCUT2D eigenvalue weighted by atomic mass is 16.4. The first kappa shape index (κ1) is 20.2. The van der Waals surface area contributed by atoms with E-state index in [9.17, 15) is 9.90 Å². The summed E-state index contributed by atoms with van der Waals surface area (Å²) in [6.45, 7) is 6.46. The van der Waals surface area contributed by atoms with Crippen LogP contribution in [0.1, 0.15) is 90.4 Å². The van der Waals surface area contributed by atoms with Crippen LogP contribution in [0.25, 0.3) is 0 Å². The van der Waals surface area contributed by atoms with E-state index >= 15 is 0 Å². The number of hydrogen-bond acceptors (Lipinski definition) is 2. The summed E-state index contributed by atoms with van der Waals surface area (Å²) in [5.74, 6) is -0.357. The third-order valence-electron chi connectivity index (χ3n) is 3.88. The monoisotopic (exact) mass is 294 g/mol. The van der Waals surface area contributed by atoms with Gasteiger partial charge in [-0.15, -0.1) is 0 Å². The molecule has 0 aliphatic heterocycles. The SMILES string of the molecule is [CH2-]C(CC/C=C/CCCCC)CCCCCCCC(=O)[O-]. The summed E-state index contributed by atoms with van der Waals surface area (Å²) in [6.07, 6.45) is 18.9. The van der Waals surface area contributed by atoms with Gasteiger partial charge in [-0.2, -0.15) is 5.92 Å². The lowest BCUT2D eigenvalue weighted by atomic mass is 9.97. The van der Waals surface area contributed by atoms with Crippen molar-refractivity contribution in [1.82, 2.24) is 0 Å². The largest absolute Gasteiger partial charge is 0.550 e. The molecule has 0 aromatic carbocycles. The number of carboxylic acid groups (broad SMARTS) is 1. The summed E-state index contributed by atoms with van der Waals surface area (Å²) in [5.41, 5.74) is 0. The molecule has 0 aliphatic rings. The fraction of sp³-hybridized carbons (Fsp3) is 0.789. The van der Waals surface area contributed by atoms with Crippen molar-refractivity contribution in [3.05, 3.63) is 19.1 Å². The molecule has 0 aromatic heterocycles. The van der Waals surface area contributed by atoms with Crippen molar-refractivity contribution < 1.29 is 9.90 Å². The first-order valence-corrected chi connectivity index (χ1v) is 8.84. The van der Waals surface area contributed by atoms with Crippen LogP contribution >= 0.6 is 0 Å². The van der Waals surface area contributed by atoms with Crippen LogP contribution in [0.15, 0.2) is 12.2 Å². The Hall–Kier alpha value is -0.790. The van der Waals surface area contributed by atoms with Gasteiger partial charge in [-0.1, -0.05) is 70.4 Å². The molecule has 0 heterocycles. The average molecular weight is 294 g/mol. The lowest BCUT2D eigenvalue weighted by Crippen LogP contribution is -2.21. The fourth-order valence-electron chi connectivity index (χ4n) is 2.46. The van der Waals surface area contributed by atoms with E-state index in [-0.39, 0.29) is 6.42 Å². The van der Waals surface area contributed by atoms with Gasteiger partial charge in [-0.25, -0.2) is 0 Å². The zero-order valence-corrected chi connectivity index (χ0v) is 13.9. The highest BCUT2D eigenvalue weighted by Gasteiger charge is 1.96. The van der Waals surface area contributed by atoms with Crippen LogP contribution in [-0.4, -0.2) is 5.97 Å². The quantitative estimate of drug-likeness (QED) is 0.246. The number of rotatable bonds is 15. The molecule has 0 amide bonds. The highest BCUT2D eigenvalue weighted by Crippen LogP contribution is 2.16. The Kier molecular flexibility index (Phi) is 15.0. The third kappa shape index (κ3) is 17.2. The Morgan fingerprint density at radius 3 is 2.33 bits per heavy atom. The number of allylic oxidation sites excluding steroid dienone is 2. The molecule has 0 rings (SSSR count). The minimum Gasteiger partial charge on any atom is -0.550 e. The lowest BCUT2D eigenvalue weighted by Gasteiger charge is -2.16. The smallest absolute Gasteiger partial charge is 0.0414 e. The third-order valence-corrected chi connectivity index (χ3v) is 3.88.